The Morgan fingerprint density at radius 3 is 2.35 bits per heavy atom. The van der Waals surface area contributed by atoms with Crippen LogP contribution in [0.4, 0.5) is 5.69 Å². The van der Waals surface area contributed by atoms with E-state index in [1.54, 1.807) is 11.8 Å². The average Bonchev–Trinajstić information content (AvgIpc) is 2.62. The van der Waals surface area contributed by atoms with E-state index in [4.69, 9.17) is 0 Å². The fourth-order valence-electron chi connectivity index (χ4n) is 2.65. The van der Waals surface area contributed by atoms with E-state index in [-0.39, 0.29) is 5.91 Å². The quantitative estimate of drug-likeness (QED) is 0.673. The van der Waals surface area contributed by atoms with E-state index in [2.05, 4.69) is 41.3 Å². The molecule has 0 atom stereocenters. The molecule has 0 aliphatic heterocycles. The van der Waals surface area contributed by atoms with E-state index in [0.29, 0.717) is 17.4 Å². The molecule has 0 bridgehead atoms. The highest BCUT2D eigenvalue weighted by Gasteiger charge is 2.08. The molecule has 1 aromatic heterocycles. The second-order valence-corrected chi connectivity index (χ2v) is 7.55. The highest BCUT2D eigenvalue weighted by molar-refractivity contribution is 7.99. The van der Waals surface area contributed by atoms with Crippen LogP contribution in [0.15, 0.2) is 48.5 Å². The van der Waals surface area contributed by atoms with Gasteiger partial charge in [-0.25, -0.2) is 9.97 Å². The Bertz CT molecular complexity index is 907. The lowest BCUT2D eigenvalue weighted by Crippen LogP contribution is -2.14. The van der Waals surface area contributed by atoms with Crippen molar-refractivity contribution >= 4 is 34.4 Å². The van der Waals surface area contributed by atoms with Crippen molar-refractivity contribution in [2.45, 2.75) is 32.4 Å². The van der Waals surface area contributed by atoms with E-state index in [0.717, 1.165) is 28.1 Å². The summed E-state index contributed by atoms with van der Waals surface area (Å²) in [6.07, 6.45) is 0. The van der Waals surface area contributed by atoms with Gasteiger partial charge in [-0.15, -0.1) is 11.8 Å². The van der Waals surface area contributed by atoms with Crippen molar-refractivity contribution in [2.24, 2.45) is 0 Å². The number of nitrogens with one attached hydrogen (secondary N) is 1. The van der Waals surface area contributed by atoms with Crippen molar-refractivity contribution in [1.82, 2.24) is 9.97 Å². The number of anilines is 1. The number of aromatic nitrogens is 2. The third-order valence-electron chi connectivity index (χ3n) is 4.18. The summed E-state index contributed by atoms with van der Waals surface area (Å²) < 4.78 is 0. The van der Waals surface area contributed by atoms with Crippen LogP contribution in [0.2, 0.25) is 0 Å². The van der Waals surface area contributed by atoms with E-state index < -0.39 is 0 Å². The molecule has 4 nitrogen and oxygen atoms in total. The number of fused-ring (bicyclic) bond motifs is 1. The minimum Gasteiger partial charge on any atom is -0.325 e. The van der Waals surface area contributed by atoms with Crippen molar-refractivity contribution in [2.75, 3.05) is 11.1 Å². The second kappa shape index (κ2) is 8.32. The normalized spacial score (nSPS) is 11.1. The van der Waals surface area contributed by atoms with Crippen LogP contribution < -0.4 is 5.32 Å². The van der Waals surface area contributed by atoms with Crippen LogP contribution in [0.25, 0.3) is 11.0 Å². The van der Waals surface area contributed by atoms with Gasteiger partial charge in [0.1, 0.15) is 0 Å². The lowest BCUT2D eigenvalue weighted by molar-refractivity contribution is -0.113. The third-order valence-corrected chi connectivity index (χ3v) is 5.12. The summed E-state index contributed by atoms with van der Waals surface area (Å²) in [5, 5.41) is 2.94. The van der Waals surface area contributed by atoms with Crippen molar-refractivity contribution in [1.29, 1.82) is 0 Å². The molecule has 0 spiro atoms. The zero-order valence-corrected chi connectivity index (χ0v) is 16.1. The lowest BCUT2D eigenvalue weighted by Gasteiger charge is -2.09. The molecule has 2 aromatic carbocycles. The Labute approximate surface area is 158 Å². The van der Waals surface area contributed by atoms with Crippen LogP contribution in [0.3, 0.4) is 0 Å². The van der Waals surface area contributed by atoms with Crippen molar-refractivity contribution in [3.8, 4) is 0 Å². The van der Waals surface area contributed by atoms with Gasteiger partial charge < -0.3 is 5.32 Å². The fourth-order valence-corrected chi connectivity index (χ4v) is 3.48. The Kier molecular flexibility index (Phi) is 5.89. The van der Waals surface area contributed by atoms with Crippen LogP contribution >= 0.6 is 11.8 Å². The first-order valence-electron chi connectivity index (χ1n) is 8.73. The average molecular weight is 366 g/mol. The first-order valence-corrected chi connectivity index (χ1v) is 9.88. The molecule has 0 fully saturated rings. The molecule has 0 saturated heterocycles. The summed E-state index contributed by atoms with van der Waals surface area (Å²) in [7, 11) is 0. The van der Waals surface area contributed by atoms with Gasteiger partial charge in [0.2, 0.25) is 5.91 Å². The fraction of sp³-hybridized carbons (Fsp3) is 0.286. The molecule has 134 valence electrons. The Morgan fingerprint density at radius 2 is 1.69 bits per heavy atom. The molecule has 3 rings (SSSR count). The highest BCUT2D eigenvalue weighted by Crippen LogP contribution is 2.19. The van der Waals surface area contributed by atoms with E-state index >= 15 is 0 Å². The van der Waals surface area contributed by atoms with Crippen molar-refractivity contribution < 1.29 is 4.79 Å². The van der Waals surface area contributed by atoms with Gasteiger partial charge >= 0.3 is 0 Å². The van der Waals surface area contributed by atoms with E-state index in [9.17, 15) is 4.79 Å². The highest BCUT2D eigenvalue weighted by atomic mass is 32.2. The van der Waals surface area contributed by atoms with Crippen LogP contribution in [0, 0.1) is 6.92 Å². The summed E-state index contributed by atoms with van der Waals surface area (Å²) in [6.45, 7) is 6.27. The topological polar surface area (TPSA) is 54.9 Å². The van der Waals surface area contributed by atoms with Gasteiger partial charge in [0.05, 0.1) is 28.2 Å². The predicted molar refractivity (Wildman–Crippen MR) is 110 cm³/mol. The first kappa shape index (κ1) is 18.4. The lowest BCUT2D eigenvalue weighted by atomic mass is 10.0. The smallest absolute Gasteiger partial charge is 0.234 e. The SMILES string of the molecule is Cc1nc2ccccc2nc1CSCC(=O)Nc1ccc(C(C)C)cc1. The van der Waals surface area contributed by atoms with Gasteiger partial charge in [-0.3, -0.25) is 4.79 Å². The molecular formula is C21H23N3OS. The first-order chi connectivity index (χ1) is 12.5. The molecule has 0 unspecified atom stereocenters. The summed E-state index contributed by atoms with van der Waals surface area (Å²) >= 11 is 1.55. The van der Waals surface area contributed by atoms with Crippen molar-refractivity contribution in [3.63, 3.8) is 0 Å². The number of para-hydroxylation sites is 2. The summed E-state index contributed by atoms with van der Waals surface area (Å²) in [5.74, 6) is 1.55. The molecule has 26 heavy (non-hydrogen) atoms. The number of aryl methyl sites for hydroxylation is 1. The maximum absolute atomic E-state index is 12.2. The Hall–Kier alpha value is -2.40. The molecule has 3 aromatic rings. The third kappa shape index (κ3) is 4.61. The molecule has 0 aliphatic rings. The minimum absolute atomic E-state index is 0.00121. The number of carbonyl (C=O) groups excluding carboxylic acids is 1. The van der Waals surface area contributed by atoms with Gasteiger partial charge in [0, 0.05) is 11.4 Å². The summed E-state index contributed by atoms with van der Waals surface area (Å²) in [5.41, 5.74) is 5.75. The molecule has 1 N–H and O–H groups in total. The van der Waals surface area contributed by atoms with Gasteiger partial charge in [0.25, 0.3) is 0 Å². The van der Waals surface area contributed by atoms with Gasteiger partial charge in [-0.2, -0.15) is 0 Å². The summed E-state index contributed by atoms with van der Waals surface area (Å²) in [4.78, 5) is 21.4. The van der Waals surface area contributed by atoms with Crippen LogP contribution in [0.5, 0.6) is 0 Å². The number of hydrogen-bond donors (Lipinski definition) is 1. The van der Waals surface area contributed by atoms with Crippen molar-refractivity contribution in [3.05, 3.63) is 65.5 Å². The maximum atomic E-state index is 12.2. The molecular weight excluding hydrogens is 342 g/mol. The standard InChI is InChI=1S/C21H23N3OS/c1-14(2)16-8-10-17(11-9-16)23-21(25)13-26-12-20-15(3)22-18-6-4-5-7-19(18)24-20/h4-11,14H,12-13H2,1-3H3,(H,23,25). The molecule has 5 heteroatoms. The number of benzene rings is 2. The molecule has 0 radical (unpaired) electrons. The van der Waals surface area contributed by atoms with E-state index in [1.807, 2.05) is 43.3 Å². The monoisotopic (exact) mass is 365 g/mol. The number of thioether (sulfide) groups is 1. The summed E-state index contributed by atoms with van der Waals surface area (Å²) in [6, 6.07) is 15.9. The van der Waals surface area contributed by atoms with Crippen LogP contribution in [0.1, 0.15) is 36.7 Å². The molecule has 1 amide bonds. The predicted octanol–water partition coefficient (Wildman–Crippen LogP) is 4.93. The van der Waals surface area contributed by atoms with Gasteiger partial charge in [0.15, 0.2) is 0 Å². The number of carbonyl (C=O) groups is 1. The number of hydrogen-bond acceptors (Lipinski definition) is 4. The Morgan fingerprint density at radius 1 is 1.04 bits per heavy atom. The second-order valence-electron chi connectivity index (χ2n) is 6.56. The number of rotatable bonds is 6. The Balaban J connectivity index is 1.54. The number of nitrogens with zero attached hydrogens (tertiary/aromatic N) is 2. The van der Waals surface area contributed by atoms with Crippen LogP contribution in [-0.4, -0.2) is 21.6 Å². The largest absolute Gasteiger partial charge is 0.325 e. The molecule has 0 aliphatic carbocycles. The zero-order chi connectivity index (χ0) is 18.5. The molecule has 1 heterocycles. The zero-order valence-electron chi connectivity index (χ0n) is 15.3. The van der Waals surface area contributed by atoms with E-state index in [1.165, 1.54) is 5.56 Å². The van der Waals surface area contributed by atoms with Crippen LogP contribution in [-0.2, 0) is 10.5 Å². The van der Waals surface area contributed by atoms with Gasteiger partial charge in [-0.05, 0) is 42.7 Å². The maximum Gasteiger partial charge on any atom is 0.234 e. The van der Waals surface area contributed by atoms with Gasteiger partial charge in [-0.1, -0.05) is 38.1 Å². The molecule has 0 saturated carbocycles. The minimum atomic E-state index is -0.00121. The number of amides is 1.